The molecule has 0 aromatic carbocycles. The lowest BCUT2D eigenvalue weighted by atomic mass is 9.92. The smallest absolute Gasteiger partial charge is 0.306 e. The van der Waals surface area contributed by atoms with E-state index in [9.17, 15) is 14.7 Å². The normalized spacial score (nSPS) is 14.6. The van der Waals surface area contributed by atoms with Crippen LogP contribution in [0.25, 0.3) is 0 Å². The molecule has 82 valence electrons. The van der Waals surface area contributed by atoms with Crippen molar-refractivity contribution in [3.63, 3.8) is 0 Å². The standard InChI is InChI=1S/C10H18O4/c1-4-5-9(12)8(7(2)11)6-10(13)14-3/h8-9,12H,4-6H2,1-3H3. The van der Waals surface area contributed by atoms with Gasteiger partial charge >= 0.3 is 5.97 Å². The van der Waals surface area contributed by atoms with Gasteiger partial charge in [0.2, 0.25) is 0 Å². The van der Waals surface area contributed by atoms with Crippen LogP contribution < -0.4 is 0 Å². The first kappa shape index (κ1) is 13.1. The van der Waals surface area contributed by atoms with E-state index in [1.165, 1.54) is 14.0 Å². The number of methoxy groups -OCH3 is 1. The maximum Gasteiger partial charge on any atom is 0.306 e. The van der Waals surface area contributed by atoms with Crippen LogP contribution in [0.5, 0.6) is 0 Å². The number of aliphatic hydroxyl groups excluding tert-OH is 1. The summed E-state index contributed by atoms with van der Waals surface area (Å²) in [7, 11) is 1.27. The highest BCUT2D eigenvalue weighted by atomic mass is 16.5. The molecule has 2 atom stereocenters. The highest BCUT2D eigenvalue weighted by Crippen LogP contribution is 2.15. The van der Waals surface area contributed by atoms with E-state index in [0.717, 1.165) is 6.42 Å². The van der Waals surface area contributed by atoms with Crippen LogP contribution in [0.15, 0.2) is 0 Å². The van der Waals surface area contributed by atoms with Gasteiger partial charge in [-0.3, -0.25) is 9.59 Å². The minimum atomic E-state index is -0.739. The van der Waals surface area contributed by atoms with Crippen molar-refractivity contribution in [1.29, 1.82) is 0 Å². The zero-order chi connectivity index (χ0) is 11.1. The zero-order valence-corrected chi connectivity index (χ0v) is 8.95. The van der Waals surface area contributed by atoms with Crippen LogP contribution in [0.4, 0.5) is 0 Å². The molecule has 0 aliphatic carbocycles. The Labute approximate surface area is 84.3 Å². The molecule has 0 bridgehead atoms. The lowest BCUT2D eigenvalue weighted by Crippen LogP contribution is -2.29. The Morgan fingerprint density at radius 1 is 1.43 bits per heavy atom. The maximum atomic E-state index is 11.1. The van der Waals surface area contributed by atoms with Gasteiger partial charge in [-0.2, -0.15) is 0 Å². The van der Waals surface area contributed by atoms with Gasteiger partial charge in [-0.25, -0.2) is 0 Å². The third kappa shape index (κ3) is 4.37. The molecule has 0 amide bonds. The Bertz CT molecular complexity index is 200. The molecule has 0 radical (unpaired) electrons. The molecule has 0 spiro atoms. The van der Waals surface area contributed by atoms with Crippen molar-refractivity contribution in [1.82, 2.24) is 0 Å². The Kier molecular flexibility index (Phi) is 6.12. The highest BCUT2D eigenvalue weighted by molar-refractivity contribution is 5.83. The van der Waals surface area contributed by atoms with Gasteiger partial charge in [0, 0.05) is 0 Å². The lowest BCUT2D eigenvalue weighted by Gasteiger charge is -2.18. The van der Waals surface area contributed by atoms with Crippen LogP contribution >= 0.6 is 0 Å². The predicted molar refractivity (Wildman–Crippen MR) is 51.7 cm³/mol. The Morgan fingerprint density at radius 2 is 2.00 bits per heavy atom. The number of rotatable bonds is 6. The number of esters is 1. The molecular formula is C10H18O4. The van der Waals surface area contributed by atoms with Gasteiger partial charge in [-0.05, 0) is 13.3 Å². The van der Waals surface area contributed by atoms with Crippen molar-refractivity contribution >= 4 is 11.8 Å². The Morgan fingerprint density at radius 3 is 2.36 bits per heavy atom. The SMILES string of the molecule is CCCC(O)C(CC(=O)OC)C(C)=O. The van der Waals surface area contributed by atoms with E-state index in [1.54, 1.807) is 0 Å². The molecule has 0 fully saturated rings. The molecule has 0 heterocycles. The van der Waals surface area contributed by atoms with E-state index in [0.29, 0.717) is 6.42 Å². The van der Waals surface area contributed by atoms with Crippen LogP contribution in [0, 0.1) is 5.92 Å². The fourth-order valence-electron chi connectivity index (χ4n) is 1.31. The predicted octanol–water partition coefficient (Wildman–Crippen LogP) is 0.916. The minimum Gasteiger partial charge on any atom is -0.469 e. The van der Waals surface area contributed by atoms with Crippen LogP contribution in [0.1, 0.15) is 33.1 Å². The molecule has 2 unspecified atom stereocenters. The molecule has 14 heavy (non-hydrogen) atoms. The number of hydrogen-bond acceptors (Lipinski definition) is 4. The number of carbonyl (C=O) groups excluding carboxylic acids is 2. The summed E-state index contributed by atoms with van der Waals surface area (Å²) < 4.78 is 4.46. The number of hydrogen-bond donors (Lipinski definition) is 1. The summed E-state index contributed by atoms with van der Waals surface area (Å²) in [5.74, 6) is -1.25. The molecule has 1 N–H and O–H groups in total. The van der Waals surface area contributed by atoms with Crippen molar-refractivity contribution in [2.24, 2.45) is 5.92 Å². The summed E-state index contributed by atoms with van der Waals surface area (Å²) in [6.45, 7) is 3.30. The number of ketones is 1. The van der Waals surface area contributed by atoms with Gasteiger partial charge < -0.3 is 9.84 Å². The second-order valence-electron chi connectivity index (χ2n) is 3.35. The third-order valence-electron chi connectivity index (χ3n) is 2.19. The van der Waals surface area contributed by atoms with Crippen molar-refractivity contribution in [2.75, 3.05) is 7.11 Å². The molecule has 0 saturated heterocycles. The minimum absolute atomic E-state index is 0.0347. The summed E-state index contributed by atoms with van der Waals surface area (Å²) in [5, 5.41) is 9.60. The van der Waals surface area contributed by atoms with E-state index >= 15 is 0 Å². The van der Waals surface area contributed by atoms with Crippen LogP contribution in [-0.4, -0.2) is 30.1 Å². The fourth-order valence-corrected chi connectivity index (χ4v) is 1.31. The molecule has 0 aliphatic heterocycles. The summed E-state index contributed by atoms with van der Waals surface area (Å²) >= 11 is 0. The van der Waals surface area contributed by atoms with Crippen molar-refractivity contribution in [3.8, 4) is 0 Å². The molecule has 4 nitrogen and oxygen atoms in total. The lowest BCUT2D eigenvalue weighted by molar-refractivity contribution is -0.145. The number of carbonyl (C=O) groups is 2. The molecular weight excluding hydrogens is 184 g/mol. The van der Waals surface area contributed by atoms with Gasteiger partial charge in [-0.15, -0.1) is 0 Å². The highest BCUT2D eigenvalue weighted by Gasteiger charge is 2.26. The van der Waals surface area contributed by atoms with E-state index in [2.05, 4.69) is 4.74 Å². The molecule has 0 aromatic rings. The second kappa shape index (κ2) is 6.54. The Hall–Kier alpha value is -0.900. The molecule has 0 rings (SSSR count). The summed E-state index contributed by atoms with van der Waals surface area (Å²) in [4.78, 5) is 22.1. The van der Waals surface area contributed by atoms with Gasteiger partial charge in [0.1, 0.15) is 5.78 Å². The van der Waals surface area contributed by atoms with E-state index < -0.39 is 18.0 Å². The summed E-state index contributed by atoms with van der Waals surface area (Å²) in [6.07, 6.45) is 0.539. The van der Waals surface area contributed by atoms with Crippen LogP contribution in [0.3, 0.4) is 0 Å². The summed E-state index contributed by atoms with van der Waals surface area (Å²) in [5.41, 5.74) is 0. The van der Waals surface area contributed by atoms with E-state index in [4.69, 9.17) is 0 Å². The molecule has 0 saturated carbocycles. The average Bonchev–Trinajstić information content (AvgIpc) is 2.13. The number of aliphatic hydroxyl groups is 1. The van der Waals surface area contributed by atoms with Crippen molar-refractivity contribution in [2.45, 2.75) is 39.2 Å². The maximum absolute atomic E-state index is 11.1. The monoisotopic (exact) mass is 202 g/mol. The van der Waals surface area contributed by atoms with Crippen LogP contribution in [0.2, 0.25) is 0 Å². The number of Topliss-reactive ketones (excluding diaryl/α,β-unsaturated/α-hetero) is 1. The number of ether oxygens (including phenoxy) is 1. The van der Waals surface area contributed by atoms with Crippen molar-refractivity contribution in [3.05, 3.63) is 0 Å². The van der Waals surface area contributed by atoms with E-state index in [1.807, 2.05) is 6.92 Å². The first-order valence-corrected chi connectivity index (χ1v) is 4.78. The van der Waals surface area contributed by atoms with Gasteiger partial charge in [0.25, 0.3) is 0 Å². The van der Waals surface area contributed by atoms with Crippen molar-refractivity contribution < 1.29 is 19.4 Å². The van der Waals surface area contributed by atoms with Gasteiger partial charge in [0.05, 0.1) is 25.6 Å². The largest absolute Gasteiger partial charge is 0.469 e. The summed E-state index contributed by atoms with van der Waals surface area (Å²) in [6, 6.07) is 0. The first-order chi connectivity index (χ1) is 6.52. The average molecular weight is 202 g/mol. The topological polar surface area (TPSA) is 63.6 Å². The second-order valence-corrected chi connectivity index (χ2v) is 3.35. The zero-order valence-electron chi connectivity index (χ0n) is 8.95. The van der Waals surface area contributed by atoms with E-state index in [-0.39, 0.29) is 12.2 Å². The first-order valence-electron chi connectivity index (χ1n) is 4.78. The fraction of sp³-hybridized carbons (Fsp3) is 0.800. The van der Waals surface area contributed by atoms with Crippen LogP contribution in [-0.2, 0) is 14.3 Å². The third-order valence-corrected chi connectivity index (χ3v) is 2.19. The quantitative estimate of drug-likeness (QED) is 0.650. The van der Waals surface area contributed by atoms with Gasteiger partial charge in [0.15, 0.2) is 0 Å². The Balaban J connectivity index is 4.28. The molecule has 4 heteroatoms. The molecule has 0 aliphatic rings. The van der Waals surface area contributed by atoms with Gasteiger partial charge in [-0.1, -0.05) is 13.3 Å². The molecule has 0 aromatic heterocycles.